The van der Waals surface area contributed by atoms with Crippen LogP contribution in [0.5, 0.6) is 0 Å². The van der Waals surface area contributed by atoms with Crippen molar-refractivity contribution in [1.82, 2.24) is 5.32 Å². The molecule has 3 heteroatoms. The Morgan fingerprint density at radius 3 is 2.93 bits per heavy atom. The monoisotopic (exact) mass is 206 g/mol. The van der Waals surface area contributed by atoms with Crippen LogP contribution in [-0.4, -0.2) is 12.6 Å². The van der Waals surface area contributed by atoms with Crippen molar-refractivity contribution in [3.8, 4) is 0 Å². The van der Waals surface area contributed by atoms with E-state index in [2.05, 4.69) is 10.6 Å². The zero-order valence-corrected chi connectivity index (χ0v) is 8.59. The number of benzene rings is 1. The van der Waals surface area contributed by atoms with Crippen LogP contribution in [0.2, 0.25) is 0 Å². The summed E-state index contributed by atoms with van der Waals surface area (Å²) in [5.74, 6) is -0.159. The average molecular weight is 206 g/mol. The average Bonchev–Trinajstić information content (AvgIpc) is 3.01. The smallest absolute Gasteiger partial charge is 0.125 e. The summed E-state index contributed by atoms with van der Waals surface area (Å²) in [5, 5.41) is 6.85. The van der Waals surface area contributed by atoms with Crippen LogP contribution in [0.3, 0.4) is 0 Å². The Kier molecular flexibility index (Phi) is 2.13. The van der Waals surface area contributed by atoms with Crippen LogP contribution in [0.15, 0.2) is 18.2 Å². The highest BCUT2D eigenvalue weighted by atomic mass is 19.1. The Bertz CT molecular complexity index is 374. The Morgan fingerprint density at radius 2 is 2.13 bits per heavy atom. The van der Waals surface area contributed by atoms with Crippen molar-refractivity contribution in [2.24, 2.45) is 0 Å². The quantitative estimate of drug-likeness (QED) is 0.776. The second-order valence-corrected chi connectivity index (χ2v) is 4.44. The SMILES string of the molecule is Fc1ccc2c(c1)NCCC2NC1CC1. The molecule has 1 fully saturated rings. The summed E-state index contributed by atoms with van der Waals surface area (Å²) >= 11 is 0. The van der Waals surface area contributed by atoms with Gasteiger partial charge >= 0.3 is 0 Å². The summed E-state index contributed by atoms with van der Waals surface area (Å²) in [6.45, 7) is 0.931. The van der Waals surface area contributed by atoms with E-state index in [9.17, 15) is 4.39 Å². The maximum absolute atomic E-state index is 13.0. The van der Waals surface area contributed by atoms with Gasteiger partial charge in [-0.3, -0.25) is 0 Å². The molecule has 2 nitrogen and oxygen atoms in total. The topological polar surface area (TPSA) is 24.1 Å². The van der Waals surface area contributed by atoms with Crippen LogP contribution < -0.4 is 10.6 Å². The van der Waals surface area contributed by atoms with Crippen molar-refractivity contribution in [3.63, 3.8) is 0 Å². The molecule has 1 aromatic rings. The molecule has 0 bridgehead atoms. The molecule has 2 aliphatic rings. The Labute approximate surface area is 88.9 Å². The molecule has 0 radical (unpaired) electrons. The van der Waals surface area contributed by atoms with Gasteiger partial charge in [-0.15, -0.1) is 0 Å². The highest BCUT2D eigenvalue weighted by molar-refractivity contribution is 5.54. The molecule has 1 aliphatic heterocycles. The number of fused-ring (bicyclic) bond motifs is 1. The first-order chi connectivity index (χ1) is 7.33. The molecule has 80 valence electrons. The van der Waals surface area contributed by atoms with Crippen molar-refractivity contribution in [2.75, 3.05) is 11.9 Å². The Hall–Kier alpha value is -1.09. The third-order valence-corrected chi connectivity index (χ3v) is 3.15. The van der Waals surface area contributed by atoms with Gasteiger partial charge in [-0.1, -0.05) is 6.07 Å². The molecule has 0 spiro atoms. The predicted octanol–water partition coefficient (Wildman–Crippen LogP) is 2.43. The van der Waals surface area contributed by atoms with Crippen molar-refractivity contribution < 1.29 is 4.39 Å². The summed E-state index contributed by atoms with van der Waals surface area (Å²) in [4.78, 5) is 0. The Morgan fingerprint density at radius 1 is 1.27 bits per heavy atom. The third-order valence-electron chi connectivity index (χ3n) is 3.15. The van der Waals surface area contributed by atoms with Gasteiger partial charge in [0.2, 0.25) is 0 Å². The molecule has 2 N–H and O–H groups in total. The molecule has 15 heavy (non-hydrogen) atoms. The first kappa shape index (κ1) is 9.16. The summed E-state index contributed by atoms with van der Waals surface area (Å²) in [6, 6.07) is 6.15. The molecule has 0 saturated heterocycles. The largest absolute Gasteiger partial charge is 0.385 e. The minimum atomic E-state index is -0.159. The van der Waals surface area contributed by atoms with E-state index in [0.29, 0.717) is 12.1 Å². The van der Waals surface area contributed by atoms with Gasteiger partial charge in [0.25, 0.3) is 0 Å². The minimum absolute atomic E-state index is 0.159. The van der Waals surface area contributed by atoms with E-state index >= 15 is 0 Å². The molecule has 0 aromatic heterocycles. The van der Waals surface area contributed by atoms with Gasteiger partial charge in [0.15, 0.2) is 0 Å². The first-order valence-corrected chi connectivity index (χ1v) is 5.62. The van der Waals surface area contributed by atoms with Gasteiger partial charge in [0.1, 0.15) is 5.82 Å². The first-order valence-electron chi connectivity index (χ1n) is 5.62. The van der Waals surface area contributed by atoms with E-state index in [-0.39, 0.29) is 5.82 Å². The van der Waals surface area contributed by atoms with E-state index in [1.165, 1.54) is 18.4 Å². The maximum Gasteiger partial charge on any atom is 0.125 e. The molecule has 1 aliphatic carbocycles. The molecule has 1 unspecified atom stereocenters. The highest BCUT2D eigenvalue weighted by Crippen LogP contribution is 2.33. The zero-order valence-electron chi connectivity index (χ0n) is 8.59. The molecule has 1 aromatic carbocycles. The molecule has 1 saturated carbocycles. The van der Waals surface area contributed by atoms with Gasteiger partial charge in [-0.2, -0.15) is 0 Å². The van der Waals surface area contributed by atoms with Gasteiger partial charge in [-0.25, -0.2) is 4.39 Å². The van der Waals surface area contributed by atoms with Gasteiger partial charge < -0.3 is 10.6 Å². The van der Waals surface area contributed by atoms with Crippen LogP contribution in [0.25, 0.3) is 0 Å². The van der Waals surface area contributed by atoms with E-state index in [0.717, 1.165) is 18.7 Å². The lowest BCUT2D eigenvalue weighted by atomic mass is 9.98. The molecule has 3 rings (SSSR count). The zero-order chi connectivity index (χ0) is 10.3. The van der Waals surface area contributed by atoms with E-state index in [1.807, 2.05) is 6.07 Å². The van der Waals surface area contributed by atoms with Crippen LogP contribution in [0, 0.1) is 5.82 Å². The van der Waals surface area contributed by atoms with E-state index in [4.69, 9.17) is 0 Å². The van der Waals surface area contributed by atoms with Crippen LogP contribution in [0.1, 0.15) is 30.9 Å². The van der Waals surface area contributed by atoms with E-state index < -0.39 is 0 Å². The fourth-order valence-electron chi connectivity index (χ4n) is 2.20. The van der Waals surface area contributed by atoms with Crippen LogP contribution >= 0.6 is 0 Å². The fourth-order valence-corrected chi connectivity index (χ4v) is 2.20. The number of anilines is 1. The van der Waals surface area contributed by atoms with Crippen LogP contribution in [-0.2, 0) is 0 Å². The van der Waals surface area contributed by atoms with Crippen LogP contribution in [0.4, 0.5) is 10.1 Å². The second-order valence-electron chi connectivity index (χ2n) is 4.44. The molecule has 1 heterocycles. The maximum atomic E-state index is 13.0. The number of hydrogen-bond donors (Lipinski definition) is 2. The lowest BCUT2D eigenvalue weighted by Gasteiger charge is -2.27. The molecule has 1 atom stereocenters. The number of hydrogen-bond acceptors (Lipinski definition) is 2. The van der Waals surface area contributed by atoms with Crippen molar-refractivity contribution in [2.45, 2.75) is 31.3 Å². The number of rotatable bonds is 2. The Balaban J connectivity index is 1.87. The summed E-state index contributed by atoms with van der Waals surface area (Å²) < 4.78 is 13.0. The van der Waals surface area contributed by atoms with E-state index in [1.54, 1.807) is 12.1 Å². The van der Waals surface area contributed by atoms with Crippen molar-refractivity contribution >= 4 is 5.69 Å². The number of nitrogens with one attached hydrogen (secondary N) is 2. The fraction of sp³-hybridized carbons (Fsp3) is 0.500. The standard InChI is InChI=1S/C12H15FN2/c13-8-1-4-10-11(15-9-2-3-9)5-6-14-12(10)7-8/h1,4,7,9,11,14-15H,2-3,5-6H2. The summed E-state index contributed by atoms with van der Waals surface area (Å²) in [6.07, 6.45) is 3.68. The number of halogens is 1. The third kappa shape index (κ3) is 1.84. The lowest BCUT2D eigenvalue weighted by molar-refractivity contribution is 0.496. The molecule has 0 amide bonds. The predicted molar refractivity (Wildman–Crippen MR) is 58.4 cm³/mol. The van der Waals surface area contributed by atoms with Gasteiger partial charge in [0, 0.05) is 24.3 Å². The molecular weight excluding hydrogens is 191 g/mol. The summed E-state index contributed by atoms with van der Waals surface area (Å²) in [7, 11) is 0. The highest BCUT2D eigenvalue weighted by Gasteiger charge is 2.28. The lowest BCUT2D eigenvalue weighted by Crippen LogP contribution is -2.29. The van der Waals surface area contributed by atoms with Gasteiger partial charge in [0.05, 0.1) is 0 Å². The van der Waals surface area contributed by atoms with Crippen molar-refractivity contribution in [1.29, 1.82) is 0 Å². The molecular formula is C12H15FN2. The van der Waals surface area contributed by atoms with Crippen molar-refractivity contribution in [3.05, 3.63) is 29.6 Å². The second kappa shape index (κ2) is 3.49. The normalized spacial score (nSPS) is 24.5. The van der Waals surface area contributed by atoms with Gasteiger partial charge in [-0.05, 0) is 37.0 Å². The summed E-state index contributed by atoms with van der Waals surface area (Å²) in [5.41, 5.74) is 2.17. The minimum Gasteiger partial charge on any atom is -0.385 e.